The predicted molar refractivity (Wildman–Crippen MR) is 61.8 cm³/mol. The third-order valence-electron chi connectivity index (χ3n) is 3.99. The zero-order valence-electron chi connectivity index (χ0n) is 10.0. The van der Waals surface area contributed by atoms with Crippen LogP contribution in [0.4, 0.5) is 8.78 Å². The van der Waals surface area contributed by atoms with Crippen LogP contribution in [0.25, 0.3) is 0 Å². The van der Waals surface area contributed by atoms with Gasteiger partial charge in [-0.25, -0.2) is 8.78 Å². The molecule has 1 aromatic rings. The van der Waals surface area contributed by atoms with Gasteiger partial charge in [-0.1, -0.05) is 19.9 Å². The Bertz CT molecular complexity index is 404. The second-order valence-electron chi connectivity index (χ2n) is 4.86. The van der Waals surface area contributed by atoms with Gasteiger partial charge < -0.3 is 10.5 Å². The van der Waals surface area contributed by atoms with Crippen LogP contribution in [0, 0.1) is 17.0 Å². The summed E-state index contributed by atoms with van der Waals surface area (Å²) < 4.78 is 32.3. The third-order valence-corrected chi connectivity index (χ3v) is 3.99. The number of halogens is 2. The number of benzene rings is 1. The summed E-state index contributed by atoms with van der Waals surface area (Å²) in [5.74, 6) is -1.61. The fourth-order valence-electron chi connectivity index (χ4n) is 2.26. The molecule has 94 valence electrons. The van der Waals surface area contributed by atoms with Gasteiger partial charge in [0.2, 0.25) is 0 Å². The quantitative estimate of drug-likeness (QED) is 0.883. The molecule has 3 unspecified atom stereocenters. The molecule has 0 bridgehead atoms. The van der Waals surface area contributed by atoms with Crippen LogP contribution in [-0.4, -0.2) is 12.1 Å². The summed E-state index contributed by atoms with van der Waals surface area (Å²) >= 11 is 0. The van der Waals surface area contributed by atoms with Crippen LogP contribution >= 0.6 is 0 Å². The van der Waals surface area contributed by atoms with Crippen molar-refractivity contribution in [2.45, 2.75) is 38.8 Å². The summed E-state index contributed by atoms with van der Waals surface area (Å²) in [6.07, 6.45) is 1.25. The van der Waals surface area contributed by atoms with Gasteiger partial charge >= 0.3 is 0 Å². The molecule has 1 aromatic carbocycles. The first-order valence-corrected chi connectivity index (χ1v) is 5.85. The number of hydrogen-bond acceptors (Lipinski definition) is 2. The third kappa shape index (κ3) is 1.90. The van der Waals surface area contributed by atoms with Crippen LogP contribution in [0.15, 0.2) is 18.2 Å². The lowest BCUT2D eigenvalue weighted by Gasteiger charge is -2.51. The van der Waals surface area contributed by atoms with Gasteiger partial charge in [0.05, 0.1) is 0 Å². The molecular formula is C13H17F2NO. The molecule has 0 amide bonds. The van der Waals surface area contributed by atoms with E-state index in [9.17, 15) is 8.78 Å². The number of ether oxygens (including phenoxy) is 1. The normalized spacial score (nSPS) is 32.1. The van der Waals surface area contributed by atoms with E-state index in [-0.39, 0.29) is 23.3 Å². The molecule has 1 aliphatic carbocycles. The fourth-order valence-corrected chi connectivity index (χ4v) is 2.26. The van der Waals surface area contributed by atoms with E-state index in [1.165, 1.54) is 18.2 Å². The van der Waals surface area contributed by atoms with Gasteiger partial charge in [0, 0.05) is 17.9 Å². The largest absolute Gasteiger partial charge is 0.484 e. The molecule has 0 aromatic heterocycles. The second-order valence-corrected chi connectivity index (χ2v) is 4.86. The van der Waals surface area contributed by atoms with Gasteiger partial charge in [-0.15, -0.1) is 0 Å². The van der Waals surface area contributed by atoms with E-state index in [4.69, 9.17) is 10.5 Å². The van der Waals surface area contributed by atoms with E-state index in [2.05, 4.69) is 0 Å². The first-order valence-electron chi connectivity index (χ1n) is 5.85. The molecule has 3 atom stereocenters. The maximum absolute atomic E-state index is 13.4. The maximum Gasteiger partial charge on any atom is 0.191 e. The minimum absolute atomic E-state index is 0.0346. The summed E-state index contributed by atoms with van der Waals surface area (Å²) in [4.78, 5) is 0. The monoisotopic (exact) mass is 241 g/mol. The van der Waals surface area contributed by atoms with Crippen LogP contribution in [0.2, 0.25) is 0 Å². The molecule has 2 N–H and O–H groups in total. The van der Waals surface area contributed by atoms with Crippen molar-refractivity contribution < 1.29 is 13.5 Å². The van der Waals surface area contributed by atoms with Crippen LogP contribution in [-0.2, 0) is 0 Å². The van der Waals surface area contributed by atoms with E-state index in [1.807, 2.05) is 13.8 Å². The zero-order chi connectivity index (χ0) is 12.6. The number of rotatable bonds is 3. The smallest absolute Gasteiger partial charge is 0.191 e. The lowest BCUT2D eigenvalue weighted by molar-refractivity contribution is -0.0595. The topological polar surface area (TPSA) is 35.2 Å². The summed E-state index contributed by atoms with van der Waals surface area (Å²) in [5.41, 5.74) is 5.72. The zero-order valence-corrected chi connectivity index (χ0v) is 10.0. The van der Waals surface area contributed by atoms with Crippen molar-refractivity contribution in [3.8, 4) is 5.75 Å². The van der Waals surface area contributed by atoms with Crippen molar-refractivity contribution in [1.82, 2.24) is 0 Å². The molecule has 0 saturated heterocycles. The van der Waals surface area contributed by atoms with Crippen LogP contribution in [0.3, 0.4) is 0 Å². The minimum Gasteiger partial charge on any atom is -0.484 e. The van der Waals surface area contributed by atoms with Gasteiger partial charge in [0.15, 0.2) is 17.4 Å². The molecule has 1 fully saturated rings. The highest BCUT2D eigenvalue weighted by molar-refractivity contribution is 5.27. The Morgan fingerprint density at radius 1 is 1.41 bits per heavy atom. The van der Waals surface area contributed by atoms with E-state index < -0.39 is 11.6 Å². The van der Waals surface area contributed by atoms with Gasteiger partial charge in [-0.05, 0) is 18.6 Å². The second kappa shape index (κ2) is 4.26. The first kappa shape index (κ1) is 12.3. The molecule has 2 rings (SSSR count). The SMILES string of the molecule is CCC1(C)C(N)CC1Oc1c(F)cccc1F. The Kier molecular flexibility index (Phi) is 3.08. The summed E-state index contributed by atoms with van der Waals surface area (Å²) in [5, 5.41) is 0. The Morgan fingerprint density at radius 3 is 2.47 bits per heavy atom. The molecule has 1 aliphatic rings. The van der Waals surface area contributed by atoms with E-state index >= 15 is 0 Å². The van der Waals surface area contributed by atoms with E-state index in [1.54, 1.807) is 0 Å². The van der Waals surface area contributed by atoms with Crippen molar-refractivity contribution in [3.05, 3.63) is 29.8 Å². The highest BCUT2D eigenvalue weighted by atomic mass is 19.1. The molecule has 2 nitrogen and oxygen atoms in total. The molecule has 0 spiro atoms. The lowest BCUT2D eigenvalue weighted by Crippen LogP contribution is -2.61. The molecule has 17 heavy (non-hydrogen) atoms. The summed E-state index contributed by atoms with van der Waals surface area (Å²) in [7, 11) is 0. The van der Waals surface area contributed by atoms with Gasteiger partial charge in [0.25, 0.3) is 0 Å². The molecule has 0 aliphatic heterocycles. The van der Waals surface area contributed by atoms with Gasteiger partial charge in [-0.2, -0.15) is 0 Å². The van der Waals surface area contributed by atoms with Crippen molar-refractivity contribution >= 4 is 0 Å². The number of nitrogens with two attached hydrogens (primary N) is 1. The van der Waals surface area contributed by atoms with E-state index in [0.29, 0.717) is 6.42 Å². The fraction of sp³-hybridized carbons (Fsp3) is 0.538. The van der Waals surface area contributed by atoms with Crippen molar-refractivity contribution in [1.29, 1.82) is 0 Å². The van der Waals surface area contributed by atoms with Crippen LogP contribution in [0.1, 0.15) is 26.7 Å². The highest BCUT2D eigenvalue weighted by Gasteiger charge is 2.50. The Balaban J connectivity index is 2.18. The average molecular weight is 241 g/mol. The lowest BCUT2D eigenvalue weighted by atomic mass is 9.62. The average Bonchev–Trinajstić information content (AvgIpc) is 2.31. The first-order chi connectivity index (χ1) is 7.99. The number of hydrogen-bond donors (Lipinski definition) is 1. The van der Waals surface area contributed by atoms with E-state index in [0.717, 1.165) is 6.42 Å². The minimum atomic E-state index is -0.663. The molecule has 1 saturated carbocycles. The molecular weight excluding hydrogens is 224 g/mol. The summed E-state index contributed by atoms with van der Waals surface area (Å²) in [6.45, 7) is 4.00. The number of para-hydroxylation sites is 1. The highest BCUT2D eigenvalue weighted by Crippen LogP contribution is 2.45. The maximum atomic E-state index is 13.4. The molecule has 0 radical (unpaired) electrons. The Morgan fingerprint density at radius 2 is 2.00 bits per heavy atom. The van der Waals surface area contributed by atoms with Gasteiger partial charge in [-0.3, -0.25) is 0 Å². The Labute approximate surface area is 99.8 Å². The van der Waals surface area contributed by atoms with Gasteiger partial charge in [0.1, 0.15) is 6.10 Å². The predicted octanol–water partition coefficient (Wildman–Crippen LogP) is 2.86. The standard InChI is InChI=1S/C13H17F2NO/c1-3-13(2)10(16)7-11(13)17-12-8(14)5-4-6-9(12)15/h4-6,10-11H,3,7,16H2,1-2H3. The van der Waals surface area contributed by atoms with Crippen molar-refractivity contribution in [2.24, 2.45) is 11.1 Å². The summed E-state index contributed by atoms with van der Waals surface area (Å²) in [6, 6.07) is 3.75. The van der Waals surface area contributed by atoms with Crippen LogP contribution < -0.4 is 10.5 Å². The van der Waals surface area contributed by atoms with Crippen molar-refractivity contribution in [2.75, 3.05) is 0 Å². The molecule has 4 heteroatoms. The Hall–Kier alpha value is -1.16. The van der Waals surface area contributed by atoms with Crippen molar-refractivity contribution in [3.63, 3.8) is 0 Å². The van der Waals surface area contributed by atoms with Crippen LogP contribution in [0.5, 0.6) is 5.75 Å². The molecule has 0 heterocycles.